The molecule has 1 aliphatic rings. The molecular formula is C18H20N2O. The molecule has 2 aromatic carbocycles. The van der Waals surface area contributed by atoms with Crippen molar-refractivity contribution in [2.24, 2.45) is 4.99 Å². The zero-order valence-electron chi connectivity index (χ0n) is 12.1. The average Bonchev–Trinajstić information content (AvgIpc) is 2.56. The highest BCUT2D eigenvalue weighted by atomic mass is 16.3. The molecule has 3 heteroatoms. The van der Waals surface area contributed by atoms with Gasteiger partial charge in [-0.2, -0.15) is 0 Å². The fourth-order valence-electron chi connectivity index (χ4n) is 2.61. The molecule has 0 aliphatic carbocycles. The third-order valence-electron chi connectivity index (χ3n) is 3.83. The van der Waals surface area contributed by atoms with E-state index in [1.807, 2.05) is 6.21 Å². The first-order valence-corrected chi connectivity index (χ1v) is 7.49. The van der Waals surface area contributed by atoms with E-state index in [0.717, 1.165) is 11.3 Å². The summed E-state index contributed by atoms with van der Waals surface area (Å²) in [4.78, 5) is 6.86. The van der Waals surface area contributed by atoms with Gasteiger partial charge in [0.05, 0.1) is 5.69 Å². The van der Waals surface area contributed by atoms with Crippen LogP contribution < -0.4 is 4.90 Å². The number of aromatic hydroxyl groups is 1. The number of anilines is 1. The van der Waals surface area contributed by atoms with Crippen molar-refractivity contribution in [2.45, 2.75) is 19.3 Å². The van der Waals surface area contributed by atoms with Gasteiger partial charge in [0.2, 0.25) is 0 Å². The summed E-state index contributed by atoms with van der Waals surface area (Å²) in [6.45, 7) is 2.34. The monoisotopic (exact) mass is 280 g/mol. The van der Waals surface area contributed by atoms with Crippen molar-refractivity contribution in [3.63, 3.8) is 0 Å². The minimum absolute atomic E-state index is 0.264. The quantitative estimate of drug-likeness (QED) is 0.858. The van der Waals surface area contributed by atoms with Gasteiger partial charge in [-0.3, -0.25) is 4.99 Å². The SMILES string of the molecule is Oc1ccc(N=Cc2ccc(N3CCCCC3)cc2)cc1. The predicted molar refractivity (Wildman–Crippen MR) is 87.9 cm³/mol. The number of phenols is 1. The third kappa shape index (κ3) is 3.63. The first-order valence-electron chi connectivity index (χ1n) is 7.49. The Labute approximate surface area is 125 Å². The molecule has 21 heavy (non-hydrogen) atoms. The first kappa shape index (κ1) is 13.7. The van der Waals surface area contributed by atoms with Gasteiger partial charge in [-0.05, 0) is 61.2 Å². The molecule has 0 unspecified atom stereocenters. The first-order chi connectivity index (χ1) is 10.3. The standard InChI is InChI=1S/C18H20N2O/c21-18-10-6-16(7-11-18)19-14-15-4-8-17(9-5-15)20-12-2-1-3-13-20/h4-11,14,21H,1-3,12-13H2. The van der Waals surface area contributed by atoms with E-state index < -0.39 is 0 Å². The van der Waals surface area contributed by atoms with E-state index in [9.17, 15) is 5.11 Å². The number of phenolic OH excluding ortho intramolecular Hbond substituents is 1. The number of nitrogens with zero attached hydrogens (tertiary/aromatic N) is 2. The van der Waals surface area contributed by atoms with Crippen LogP contribution in [0.5, 0.6) is 5.75 Å². The summed E-state index contributed by atoms with van der Waals surface area (Å²) in [5.74, 6) is 0.264. The van der Waals surface area contributed by atoms with Crippen molar-refractivity contribution in [3.05, 3.63) is 54.1 Å². The number of hydrogen-bond acceptors (Lipinski definition) is 3. The Morgan fingerprint density at radius 3 is 2.19 bits per heavy atom. The molecule has 1 saturated heterocycles. The predicted octanol–water partition coefficient (Wildman–Crippen LogP) is 4.13. The van der Waals surface area contributed by atoms with Crippen molar-refractivity contribution in [1.29, 1.82) is 0 Å². The van der Waals surface area contributed by atoms with Crippen molar-refractivity contribution in [3.8, 4) is 5.75 Å². The summed E-state index contributed by atoms with van der Waals surface area (Å²) in [6.07, 6.45) is 5.80. The Balaban J connectivity index is 1.67. The van der Waals surface area contributed by atoms with Gasteiger partial charge in [0.25, 0.3) is 0 Å². The molecule has 108 valence electrons. The average molecular weight is 280 g/mol. The van der Waals surface area contributed by atoms with Crippen LogP contribution in [0.15, 0.2) is 53.5 Å². The lowest BCUT2D eigenvalue weighted by atomic mass is 10.1. The van der Waals surface area contributed by atoms with Gasteiger partial charge in [-0.25, -0.2) is 0 Å². The second-order valence-electron chi connectivity index (χ2n) is 5.41. The van der Waals surface area contributed by atoms with Crippen molar-refractivity contribution < 1.29 is 5.11 Å². The van der Waals surface area contributed by atoms with E-state index >= 15 is 0 Å². The number of piperidine rings is 1. The van der Waals surface area contributed by atoms with E-state index in [4.69, 9.17) is 0 Å². The molecule has 1 N–H and O–H groups in total. The Kier molecular flexibility index (Phi) is 4.20. The third-order valence-corrected chi connectivity index (χ3v) is 3.83. The summed E-state index contributed by atoms with van der Waals surface area (Å²) in [5.41, 5.74) is 3.23. The molecule has 0 bridgehead atoms. The largest absolute Gasteiger partial charge is 0.508 e. The van der Waals surface area contributed by atoms with E-state index in [0.29, 0.717) is 0 Å². The molecule has 0 aromatic heterocycles. The smallest absolute Gasteiger partial charge is 0.115 e. The fourth-order valence-corrected chi connectivity index (χ4v) is 2.61. The number of aliphatic imine (C=N–C) groups is 1. The van der Waals surface area contributed by atoms with Gasteiger partial charge >= 0.3 is 0 Å². The summed E-state index contributed by atoms with van der Waals surface area (Å²) in [5, 5.41) is 9.24. The number of hydrogen-bond donors (Lipinski definition) is 1. The Morgan fingerprint density at radius 2 is 1.52 bits per heavy atom. The topological polar surface area (TPSA) is 35.8 Å². The van der Waals surface area contributed by atoms with Crippen molar-refractivity contribution in [1.82, 2.24) is 0 Å². The lowest BCUT2D eigenvalue weighted by Gasteiger charge is -2.28. The molecule has 0 amide bonds. The van der Waals surface area contributed by atoms with Crippen molar-refractivity contribution in [2.75, 3.05) is 18.0 Å². The van der Waals surface area contributed by atoms with E-state index in [1.54, 1.807) is 24.3 Å². The van der Waals surface area contributed by atoms with Gasteiger partial charge in [0, 0.05) is 25.0 Å². The van der Waals surface area contributed by atoms with Crippen LogP contribution in [0.3, 0.4) is 0 Å². The summed E-state index contributed by atoms with van der Waals surface area (Å²) >= 11 is 0. The van der Waals surface area contributed by atoms with Crippen LogP contribution in [-0.4, -0.2) is 24.4 Å². The highest BCUT2D eigenvalue weighted by molar-refractivity contribution is 5.82. The number of benzene rings is 2. The molecule has 3 rings (SSSR count). The van der Waals surface area contributed by atoms with E-state index in [-0.39, 0.29) is 5.75 Å². The van der Waals surface area contributed by atoms with Crippen LogP contribution in [0.4, 0.5) is 11.4 Å². The molecule has 1 fully saturated rings. The second kappa shape index (κ2) is 6.44. The lowest BCUT2D eigenvalue weighted by molar-refractivity contribution is 0.475. The Morgan fingerprint density at radius 1 is 0.857 bits per heavy atom. The maximum Gasteiger partial charge on any atom is 0.115 e. The maximum atomic E-state index is 9.24. The molecule has 0 spiro atoms. The second-order valence-corrected chi connectivity index (χ2v) is 5.41. The van der Waals surface area contributed by atoms with Gasteiger partial charge in [-0.1, -0.05) is 12.1 Å². The highest BCUT2D eigenvalue weighted by Gasteiger charge is 2.09. The van der Waals surface area contributed by atoms with Crippen LogP contribution in [0.1, 0.15) is 24.8 Å². The van der Waals surface area contributed by atoms with Crippen LogP contribution >= 0.6 is 0 Å². The van der Waals surface area contributed by atoms with Crippen molar-refractivity contribution >= 4 is 17.6 Å². The fraction of sp³-hybridized carbons (Fsp3) is 0.278. The Bertz CT molecular complexity index is 596. The molecule has 1 aliphatic heterocycles. The van der Waals surface area contributed by atoms with Gasteiger partial charge in [0.1, 0.15) is 5.75 Å². The minimum atomic E-state index is 0.264. The highest BCUT2D eigenvalue weighted by Crippen LogP contribution is 2.20. The summed E-state index contributed by atoms with van der Waals surface area (Å²) < 4.78 is 0. The van der Waals surface area contributed by atoms with Gasteiger partial charge in [-0.15, -0.1) is 0 Å². The van der Waals surface area contributed by atoms with Crippen LogP contribution in [-0.2, 0) is 0 Å². The summed E-state index contributed by atoms with van der Waals surface area (Å²) in [7, 11) is 0. The Hall–Kier alpha value is -2.29. The van der Waals surface area contributed by atoms with E-state index in [2.05, 4.69) is 34.2 Å². The molecule has 0 radical (unpaired) electrons. The number of rotatable bonds is 3. The normalized spacial score (nSPS) is 15.5. The van der Waals surface area contributed by atoms with Crippen LogP contribution in [0.25, 0.3) is 0 Å². The van der Waals surface area contributed by atoms with Crippen LogP contribution in [0, 0.1) is 0 Å². The zero-order valence-corrected chi connectivity index (χ0v) is 12.1. The zero-order chi connectivity index (χ0) is 14.5. The minimum Gasteiger partial charge on any atom is -0.508 e. The van der Waals surface area contributed by atoms with Gasteiger partial charge < -0.3 is 10.0 Å². The maximum absolute atomic E-state index is 9.24. The molecular weight excluding hydrogens is 260 g/mol. The lowest BCUT2D eigenvalue weighted by Crippen LogP contribution is -2.29. The molecule has 2 aromatic rings. The molecule has 3 nitrogen and oxygen atoms in total. The molecule has 0 atom stereocenters. The van der Waals surface area contributed by atoms with Gasteiger partial charge in [0.15, 0.2) is 0 Å². The van der Waals surface area contributed by atoms with Crippen LogP contribution in [0.2, 0.25) is 0 Å². The summed E-state index contributed by atoms with van der Waals surface area (Å²) in [6, 6.07) is 15.4. The van der Waals surface area contributed by atoms with E-state index in [1.165, 1.54) is 38.0 Å². The molecule has 0 saturated carbocycles. The molecule has 1 heterocycles.